The number of hydrogen-bond acceptors (Lipinski definition) is 6. The number of carbonyl (C=O) groups excluding carboxylic acids is 1. The molecule has 0 aromatic carbocycles. The van der Waals surface area contributed by atoms with Crippen molar-refractivity contribution in [3.63, 3.8) is 0 Å². The lowest BCUT2D eigenvalue weighted by Crippen LogP contribution is -2.41. The predicted molar refractivity (Wildman–Crippen MR) is 118 cm³/mol. The summed E-state index contributed by atoms with van der Waals surface area (Å²) in [6, 6.07) is 4.28. The van der Waals surface area contributed by atoms with E-state index in [0.29, 0.717) is 6.54 Å². The molecule has 0 spiro atoms. The van der Waals surface area contributed by atoms with Crippen molar-refractivity contribution in [3.8, 4) is 10.6 Å². The lowest BCUT2D eigenvalue weighted by atomic mass is 9.96. The van der Waals surface area contributed by atoms with Crippen LogP contribution in [0.2, 0.25) is 0 Å². The maximum atomic E-state index is 12.5. The van der Waals surface area contributed by atoms with Crippen LogP contribution >= 0.6 is 22.7 Å². The molecule has 1 aliphatic rings. The Hall–Kier alpha value is -2.03. The monoisotopic (exact) mass is 429 g/mol. The Morgan fingerprint density at radius 1 is 1.31 bits per heavy atom. The summed E-state index contributed by atoms with van der Waals surface area (Å²) in [6.07, 6.45) is 6.52. The van der Waals surface area contributed by atoms with E-state index in [4.69, 9.17) is 0 Å². The molecule has 1 amide bonds. The van der Waals surface area contributed by atoms with E-state index in [9.17, 15) is 4.79 Å². The number of nitrogens with one attached hydrogen (secondary N) is 1. The van der Waals surface area contributed by atoms with Crippen molar-refractivity contribution < 1.29 is 4.79 Å². The maximum Gasteiger partial charge on any atom is 0.223 e. The van der Waals surface area contributed by atoms with E-state index >= 15 is 0 Å². The molecule has 4 heterocycles. The van der Waals surface area contributed by atoms with Crippen molar-refractivity contribution in [2.45, 2.75) is 32.7 Å². The average Bonchev–Trinajstić information content (AvgIpc) is 3.45. The van der Waals surface area contributed by atoms with Gasteiger partial charge in [0.05, 0.1) is 22.1 Å². The second kappa shape index (κ2) is 9.19. The van der Waals surface area contributed by atoms with Crippen molar-refractivity contribution in [2.75, 3.05) is 19.6 Å². The van der Waals surface area contributed by atoms with Gasteiger partial charge >= 0.3 is 0 Å². The highest BCUT2D eigenvalue weighted by Gasteiger charge is 2.25. The summed E-state index contributed by atoms with van der Waals surface area (Å²) in [6.45, 7) is 5.49. The molecule has 8 heteroatoms. The summed E-state index contributed by atoms with van der Waals surface area (Å²) >= 11 is 3.45. The van der Waals surface area contributed by atoms with E-state index in [1.165, 1.54) is 9.75 Å². The first-order valence-electron chi connectivity index (χ1n) is 10.1. The van der Waals surface area contributed by atoms with Crippen LogP contribution in [0.3, 0.4) is 0 Å². The van der Waals surface area contributed by atoms with Crippen molar-refractivity contribution in [1.29, 1.82) is 0 Å². The fourth-order valence-corrected chi connectivity index (χ4v) is 5.34. The number of likely N-dealkylation sites (tertiary alicyclic amines) is 1. The zero-order valence-electron chi connectivity index (χ0n) is 16.9. The van der Waals surface area contributed by atoms with E-state index in [2.05, 4.69) is 42.3 Å². The molecule has 1 aliphatic heterocycles. The molecular formula is C21H27N5OS2. The number of imidazole rings is 1. The largest absolute Gasteiger partial charge is 0.355 e. The number of nitrogens with zero attached hydrogens (tertiary/aromatic N) is 4. The van der Waals surface area contributed by atoms with Crippen LogP contribution in [0.25, 0.3) is 10.6 Å². The Balaban J connectivity index is 1.19. The Kier molecular flexibility index (Phi) is 6.42. The first-order valence-corrected chi connectivity index (χ1v) is 11.8. The number of aromatic nitrogens is 3. The minimum Gasteiger partial charge on any atom is -0.355 e. The van der Waals surface area contributed by atoms with Crippen LogP contribution in [0, 0.1) is 12.8 Å². The number of thiazole rings is 1. The van der Waals surface area contributed by atoms with Gasteiger partial charge in [-0.25, -0.2) is 9.97 Å². The van der Waals surface area contributed by atoms with Crippen molar-refractivity contribution in [2.24, 2.45) is 13.0 Å². The summed E-state index contributed by atoms with van der Waals surface area (Å²) < 4.78 is 2.06. The molecule has 3 aromatic rings. The smallest absolute Gasteiger partial charge is 0.223 e. The van der Waals surface area contributed by atoms with Crippen molar-refractivity contribution in [3.05, 3.63) is 45.6 Å². The van der Waals surface area contributed by atoms with E-state index in [1.54, 1.807) is 22.7 Å². The summed E-state index contributed by atoms with van der Waals surface area (Å²) in [7, 11) is 2.02. The molecule has 154 valence electrons. The van der Waals surface area contributed by atoms with Crippen LogP contribution < -0.4 is 5.32 Å². The average molecular weight is 430 g/mol. The Morgan fingerprint density at radius 2 is 2.14 bits per heavy atom. The Bertz CT molecular complexity index is 952. The van der Waals surface area contributed by atoms with E-state index in [0.717, 1.165) is 55.4 Å². The van der Waals surface area contributed by atoms with E-state index < -0.39 is 0 Å². The van der Waals surface area contributed by atoms with Crippen LogP contribution in [0.15, 0.2) is 29.9 Å². The number of thiophene rings is 1. The topological polar surface area (TPSA) is 63.1 Å². The van der Waals surface area contributed by atoms with Crippen molar-refractivity contribution in [1.82, 2.24) is 24.8 Å². The summed E-state index contributed by atoms with van der Waals surface area (Å²) in [5, 5.41) is 6.34. The minimum absolute atomic E-state index is 0.129. The van der Waals surface area contributed by atoms with Gasteiger partial charge in [0, 0.05) is 42.2 Å². The van der Waals surface area contributed by atoms with Gasteiger partial charge in [0.25, 0.3) is 0 Å². The number of amides is 1. The molecule has 1 fully saturated rings. The SMILES string of the molecule is Cc1nc(-c2ccc(CCNC(=O)C3CCN(Cc4nccn4C)CC3)s2)cs1. The summed E-state index contributed by atoms with van der Waals surface area (Å²) in [4.78, 5) is 26.4. The maximum absolute atomic E-state index is 12.5. The molecule has 0 unspecified atom stereocenters. The Labute approximate surface area is 179 Å². The van der Waals surface area contributed by atoms with Gasteiger partial charge < -0.3 is 9.88 Å². The molecule has 6 nitrogen and oxygen atoms in total. The fraction of sp³-hybridized carbons (Fsp3) is 0.476. The number of hydrogen-bond donors (Lipinski definition) is 1. The summed E-state index contributed by atoms with van der Waals surface area (Å²) in [5.74, 6) is 1.41. The molecule has 0 bridgehead atoms. The molecule has 3 aromatic heterocycles. The van der Waals surface area contributed by atoms with Gasteiger partial charge in [-0.05, 0) is 51.4 Å². The highest BCUT2D eigenvalue weighted by atomic mass is 32.1. The molecule has 1 saturated heterocycles. The van der Waals surface area contributed by atoms with Gasteiger partial charge in [0.2, 0.25) is 5.91 Å². The number of carbonyl (C=O) groups is 1. The molecule has 4 rings (SSSR count). The molecule has 0 atom stereocenters. The second-order valence-corrected chi connectivity index (χ2v) is 9.79. The lowest BCUT2D eigenvalue weighted by molar-refractivity contribution is -0.126. The van der Waals surface area contributed by atoms with Gasteiger partial charge in [0.1, 0.15) is 5.82 Å². The molecular weight excluding hydrogens is 402 g/mol. The van der Waals surface area contributed by atoms with Crippen LogP contribution in [0.4, 0.5) is 0 Å². The number of aryl methyl sites for hydroxylation is 2. The van der Waals surface area contributed by atoms with Crippen molar-refractivity contribution >= 4 is 28.6 Å². The van der Waals surface area contributed by atoms with Crippen LogP contribution in [-0.4, -0.2) is 45.0 Å². The number of piperidine rings is 1. The first-order chi connectivity index (χ1) is 14.1. The van der Waals surface area contributed by atoms with Crippen LogP contribution in [0.5, 0.6) is 0 Å². The van der Waals surface area contributed by atoms with Gasteiger partial charge in [-0.15, -0.1) is 22.7 Å². The predicted octanol–water partition coefficient (Wildman–Crippen LogP) is 3.48. The third kappa shape index (κ3) is 5.12. The normalized spacial score (nSPS) is 15.7. The van der Waals surface area contributed by atoms with Gasteiger partial charge in [-0.2, -0.15) is 0 Å². The van der Waals surface area contributed by atoms with Gasteiger partial charge in [-0.1, -0.05) is 0 Å². The van der Waals surface area contributed by atoms with Crippen LogP contribution in [-0.2, 0) is 24.8 Å². The minimum atomic E-state index is 0.129. The third-order valence-electron chi connectivity index (χ3n) is 5.45. The molecule has 29 heavy (non-hydrogen) atoms. The summed E-state index contributed by atoms with van der Waals surface area (Å²) in [5.41, 5.74) is 1.06. The van der Waals surface area contributed by atoms with Gasteiger partial charge in [0.15, 0.2) is 0 Å². The molecule has 1 N–H and O–H groups in total. The fourth-order valence-electron chi connectivity index (χ4n) is 3.68. The Morgan fingerprint density at radius 3 is 2.83 bits per heavy atom. The highest BCUT2D eigenvalue weighted by molar-refractivity contribution is 7.16. The lowest BCUT2D eigenvalue weighted by Gasteiger charge is -2.30. The third-order valence-corrected chi connectivity index (χ3v) is 7.39. The number of rotatable bonds is 7. The first kappa shape index (κ1) is 20.3. The standard InChI is InChI=1S/C21H27N5OS2/c1-15-24-18(14-28-15)19-4-3-17(29-19)5-8-23-21(27)16-6-10-26(11-7-16)13-20-22-9-12-25(20)2/h3-4,9,12,14,16H,5-8,10-11,13H2,1-2H3,(H,23,27). The van der Waals surface area contributed by atoms with Gasteiger partial charge in [-0.3, -0.25) is 9.69 Å². The second-order valence-electron chi connectivity index (χ2n) is 7.56. The quantitative estimate of drug-likeness (QED) is 0.625. The molecule has 0 saturated carbocycles. The zero-order valence-corrected chi connectivity index (χ0v) is 18.6. The molecule has 0 aliphatic carbocycles. The van der Waals surface area contributed by atoms with E-state index in [1.807, 2.05) is 26.4 Å². The zero-order chi connectivity index (χ0) is 20.2. The van der Waals surface area contributed by atoms with Crippen LogP contribution in [0.1, 0.15) is 28.6 Å². The highest BCUT2D eigenvalue weighted by Crippen LogP contribution is 2.29. The molecule has 0 radical (unpaired) electrons. The van der Waals surface area contributed by atoms with E-state index in [-0.39, 0.29) is 11.8 Å².